The van der Waals surface area contributed by atoms with Crippen molar-refractivity contribution in [1.29, 1.82) is 0 Å². The van der Waals surface area contributed by atoms with Crippen molar-refractivity contribution >= 4 is 17.4 Å². The van der Waals surface area contributed by atoms with Crippen LogP contribution in [0.1, 0.15) is 25.1 Å². The number of rotatable bonds is 4. The normalized spacial score (nSPS) is 10.8. The molecule has 0 saturated heterocycles. The highest BCUT2D eigenvalue weighted by molar-refractivity contribution is 6.17. The van der Waals surface area contributed by atoms with Crippen LogP contribution in [0.4, 0.5) is 5.82 Å². The molecule has 0 fully saturated rings. The molecule has 1 heterocycles. The second-order valence-corrected chi connectivity index (χ2v) is 4.65. The maximum Gasteiger partial charge on any atom is 0.128 e. The number of anilines is 1. The fourth-order valence-corrected chi connectivity index (χ4v) is 1.79. The molecule has 0 bridgehead atoms. The van der Waals surface area contributed by atoms with Gasteiger partial charge in [-0.2, -0.15) is 0 Å². The monoisotopic (exact) mass is 226 g/mol. The second kappa shape index (κ2) is 5.36. The molecule has 0 N–H and O–H groups in total. The van der Waals surface area contributed by atoms with Gasteiger partial charge in [-0.25, -0.2) is 4.98 Å². The van der Waals surface area contributed by atoms with Crippen molar-refractivity contribution in [2.45, 2.75) is 26.7 Å². The molecule has 0 amide bonds. The predicted molar refractivity (Wildman–Crippen MR) is 66.6 cm³/mol. The average molecular weight is 227 g/mol. The standard InChI is InChI=1S/C12H19ClN2/c1-9(2)8-15(4)12-6-11(7-13)5-10(3)14-12/h5-6,9H,7-8H2,1-4H3. The highest BCUT2D eigenvalue weighted by atomic mass is 35.5. The Hall–Kier alpha value is -0.760. The summed E-state index contributed by atoms with van der Waals surface area (Å²) in [5.74, 6) is 2.20. The summed E-state index contributed by atoms with van der Waals surface area (Å²) < 4.78 is 0. The van der Waals surface area contributed by atoms with Crippen molar-refractivity contribution in [3.63, 3.8) is 0 Å². The van der Waals surface area contributed by atoms with Crippen LogP contribution in [0.3, 0.4) is 0 Å². The number of hydrogen-bond donors (Lipinski definition) is 0. The van der Waals surface area contributed by atoms with E-state index in [0.717, 1.165) is 23.6 Å². The maximum absolute atomic E-state index is 5.83. The van der Waals surface area contributed by atoms with E-state index in [0.29, 0.717) is 11.8 Å². The summed E-state index contributed by atoms with van der Waals surface area (Å²) in [5, 5.41) is 0. The van der Waals surface area contributed by atoms with Gasteiger partial charge in [0.05, 0.1) is 0 Å². The molecule has 3 heteroatoms. The van der Waals surface area contributed by atoms with E-state index in [4.69, 9.17) is 11.6 Å². The average Bonchev–Trinajstić information content (AvgIpc) is 2.15. The molecule has 0 saturated carbocycles. The molecule has 0 unspecified atom stereocenters. The van der Waals surface area contributed by atoms with E-state index in [-0.39, 0.29) is 0 Å². The molecule has 1 rings (SSSR count). The van der Waals surface area contributed by atoms with Crippen molar-refractivity contribution in [1.82, 2.24) is 4.98 Å². The second-order valence-electron chi connectivity index (χ2n) is 4.38. The largest absolute Gasteiger partial charge is 0.359 e. The quantitative estimate of drug-likeness (QED) is 0.733. The smallest absolute Gasteiger partial charge is 0.128 e. The van der Waals surface area contributed by atoms with E-state index in [1.807, 2.05) is 13.0 Å². The molecule has 0 atom stereocenters. The lowest BCUT2D eigenvalue weighted by molar-refractivity contribution is 0.634. The first-order valence-electron chi connectivity index (χ1n) is 5.27. The van der Waals surface area contributed by atoms with Gasteiger partial charge in [0.1, 0.15) is 5.82 Å². The van der Waals surface area contributed by atoms with Crippen molar-refractivity contribution < 1.29 is 0 Å². The third-order valence-corrected chi connectivity index (χ3v) is 2.49. The van der Waals surface area contributed by atoms with E-state index < -0.39 is 0 Å². The Labute approximate surface area is 97.3 Å². The van der Waals surface area contributed by atoms with E-state index in [9.17, 15) is 0 Å². The zero-order valence-corrected chi connectivity index (χ0v) is 10.7. The summed E-state index contributed by atoms with van der Waals surface area (Å²) >= 11 is 5.83. The molecule has 84 valence electrons. The van der Waals surface area contributed by atoms with Crippen molar-refractivity contribution in [3.8, 4) is 0 Å². The molecular weight excluding hydrogens is 208 g/mol. The van der Waals surface area contributed by atoms with Crippen LogP contribution in [0.2, 0.25) is 0 Å². The Morgan fingerprint density at radius 2 is 2.07 bits per heavy atom. The fourth-order valence-electron chi connectivity index (χ4n) is 1.63. The molecule has 15 heavy (non-hydrogen) atoms. The van der Waals surface area contributed by atoms with Gasteiger partial charge in [-0.15, -0.1) is 11.6 Å². The molecule has 0 aliphatic carbocycles. The van der Waals surface area contributed by atoms with E-state index in [1.165, 1.54) is 0 Å². The molecule has 0 radical (unpaired) electrons. The highest BCUT2D eigenvalue weighted by Crippen LogP contribution is 2.16. The summed E-state index contributed by atoms with van der Waals surface area (Å²) in [5.41, 5.74) is 2.16. The Bertz CT molecular complexity index is 323. The molecule has 2 nitrogen and oxygen atoms in total. The highest BCUT2D eigenvalue weighted by Gasteiger charge is 2.06. The van der Waals surface area contributed by atoms with Crippen molar-refractivity contribution in [2.75, 3.05) is 18.5 Å². The van der Waals surface area contributed by atoms with Gasteiger partial charge in [0.15, 0.2) is 0 Å². The number of nitrogens with zero attached hydrogens (tertiary/aromatic N) is 2. The number of aryl methyl sites for hydroxylation is 1. The Morgan fingerprint density at radius 1 is 1.40 bits per heavy atom. The predicted octanol–water partition coefficient (Wildman–Crippen LogP) is 3.22. The molecule has 0 spiro atoms. The lowest BCUT2D eigenvalue weighted by Crippen LogP contribution is -2.23. The third kappa shape index (κ3) is 3.71. The SMILES string of the molecule is Cc1cc(CCl)cc(N(C)CC(C)C)n1. The van der Waals surface area contributed by atoms with Gasteiger partial charge in [0, 0.05) is 25.2 Å². The van der Waals surface area contributed by atoms with Gasteiger partial charge in [0.2, 0.25) is 0 Å². The Morgan fingerprint density at radius 3 is 2.60 bits per heavy atom. The summed E-state index contributed by atoms with van der Waals surface area (Å²) in [7, 11) is 2.07. The minimum Gasteiger partial charge on any atom is -0.359 e. The summed E-state index contributed by atoms with van der Waals surface area (Å²) in [6.45, 7) is 7.42. The van der Waals surface area contributed by atoms with Crippen LogP contribution in [0.15, 0.2) is 12.1 Å². The van der Waals surface area contributed by atoms with Crippen LogP contribution in [0, 0.1) is 12.8 Å². The van der Waals surface area contributed by atoms with Crippen LogP contribution < -0.4 is 4.90 Å². The van der Waals surface area contributed by atoms with Gasteiger partial charge >= 0.3 is 0 Å². The zero-order chi connectivity index (χ0) is 11.4. The molecular formula is C12H19ClN2. The molecule has 0 aromatic carbocycles. The molecule has 0 aliphatic rings. The third-order valence-electron chi connectivity index (χ3n) is 2.18. The number of pyridine rings is 1. The van der Waals surface area contributed by atoms with Gasteiger partial charge in [-0.3, -0.25) is 0 Å². The minimum absolute atomic E-state index is 0.547. The molecule has 1 aromatic rings. The van der Waals surface area contributed by atoms with Crippen LogP contribution in [0.5, 0.6) is 0 Å². The number of alkyl halides is 1. The van der Waals surface area contributed by atoms with Crippen LogP contribution in [-0.4, -0.2) is 18.6 Å². The number of halogens is 1. The van der Waals surface area contributed by atoms with E-state index >= 15 is 0 Å². The number of aromatic nitrogens is 1. The van der Waals surface area contributed by atoms with E-state index in [1.54, 1.807) is 0 Å². The van der Waals surface area contributed by atoms with Crippen LogP contribution in [-0.2, 0) is 5.88 Å². The van der Waals surface area contributed by atoms with Crippen molar-refractivity contribution in [3.05, 3.63) is 23.4 Å². The zero-order valence-electron chi connectivity index (χ0n) is 9.92. The first kappa shape index (κ1) is 12.3. The lowest BCUT2D eigenvalue weighted by Gasteiger charge is -2.21. The molecule has 1 aromatic heterocycles. The topological polar surface area (TPSA) is 16.1 Å². The Balaban J connectivity index is 2.88. The van der Waals surface area contributed by atoms with Crippen LogP contribution in [0.25, 0.3) is 0 Å². The van der Waals surface area contributed by atoms with Gasteiger partial charge < -0.3 is 4.90 Å². The minimum atomic E-state index is 0.547. The van der Waals surface area contributed by atoms with Gasteiger partial charge in [-0.1, -0.05) is 13.8 Å². The summed E-state index contributed by atoms with van der Waals surface area (Å²) in [6, 6.07) is 4.09. The fraction of sp³-hybridized carbons (Fsp3) is 0.583. The van der Waals surface area contributed by atoms with Crippen LogP contribution >= 0.6 is 11.6 Å². The summed E-state index contributed by atoms with van der Waals surface area (Å²) in [6.07, 6.45) is 0. The van der Waals surface area contributed by atoms with Gasteiger partial charge in [-0.05, 0) is 30.5 Å². The maximum atomic E-state index is 5.83. The molecule has 0 aliphatic heterocycles. The first-order valence-corrected chi connectivity index (χ1v) is 5.81. The van der Waals surface area contributed by atoms with E-state index in [2.05, 4.69) is 36.8 Å². The lowest BCUT2D eigenvalue weighted by atomic mass is 10.2. The number of hydrogen-bond acceptors (Lipinski definition) is 2. The van der Waals surface area contributed by atoms with Crippen molar-refractivity contribution in [2.24, 2.45) is 5.92 Å². The van der Waals surface area contributed by atoms with Gasteiger partial charge in [0.25, 0.3) is 0 Å². The Kier molecular flexibility index (Phi) is 4.40. The first-order chi connectivity index (χ1) is 7.02. The summed E-state index contributed by atoms with van der Waals surface area (Å²) in [4.78, 5) is 6.68.